The van der Waals surface area contributed by atoms with Gasteiger partial charge >= 0.3 is 0 Å². The van der Waals surface area contributed by atoms with Gasteiger partial charge in [-0.15, -0.1) is 0 Å². The van der Waals surface area contributed by atoms with E-state index in [9.17, 15) is 9.59 Å². The zero-order valence-electron chi connectivity index (χ0n) is 19.4. The molecule has 0 saturated carbocycles. The molecule has 0 radical (unpaired) electrons. The van der Waals surface area contributed by atoms with Crippen LogP contribution in [0.2, 0.25) is 0 Å². The number of rotatable bonds is 7. The first-order valence-electron chi connectivity index (χ1n) is 11.8. The van der Waals surface area contributed by atoms with E-state index in [0.717, 1.165) is 36.3 Å². The Balaban J connectivity index is 1.69. The van der Waals surface area contributed by atoms with E-state index >= 15 is 0 Å². The van der Waals surface area contributed by atoms with Crippen molar-refractivity contribution in [3.63, 3.8) is 0 Å². The topological polar surface area (TPSA) is 59.8 Å². The molecule has 0 bridgehead atoms. The molecule has 0 saturated heterocycles. The maximum atomic E-state index is 13.7. The molecule has 1 aliphatic rings. The third-order valence-electron chi connectivity index (χ3n) is 6.34. The van der Waals surface area contributed by atoms with Gasteiger partial charge in [0, 0.05) is 5.69 Å². The lowest BCUT2D eigenvalue weighted by Gasteiger charge is -2.25. The molecule has 3 aromatic carbocycles. The summed E-state index contributed by atoms with van der Waals surface area (Å²) < 4.78 is 12.0. The summed E-state index contributed by atoms with van der Waals surface area (Å²) in [5.41, 5.74) is 3.31. The van der Waals surface area contributed by atoms with Crippen molar-refractivity contribution in [1.82, 2.24) is 0 Å². The standard InChI is InChI=1S/C29H27NO4/c1-3-5-17-33-22-10-8-9-20(18-22)26-25-27(31)23-11-6-7-12-24(23)34-28(25)29(32)30(26)21-15-13-19(4-2)14-16-21/h6-16,18,26H,3-5,17H2,1-2H3. The van der Waals surface area contributed by atoms with Gasteiger partial charge in [-0.05, 0) is 60.4 Å². The van der Waals surface area contributed by atoms with Gasteiger partial charge in [0.05, 0.1) is 23.6 Å². The average molecular weight is 454 g/mol. The Bertz CT molecular complexity index is 1400. The van der Waals surface area contributed by atoms with Crippen LogP contribution in [0.5, 0.6) is 5.75 Å². The first kappa shape index (κ1) is 22.0. The van der Waals surface area contributed by atoms with Crippen molar-refractivity contribution in [2.24, 2.45) is 0 Å². The number of hydrogen-bond acceptors (Lipinski definition) is 4. The second-order valence-electron chi connectivity index (χ2n) is 8.54. The monoisotopic (exact) mass is 453 g/mol. The molecule has 0 fully saturated rings. The summed E-state index contributed by atoms with van der Waals surface area (Å²) >= 11 is 0. The highest BCUT2D eigenvalue weighted by atomic mass is 16.5. The molecular formula is C29H27NO4. The number of fused-ring (bicyclic) bond motifs is 2. The normalized spacial score (nSPS) is 15.1. The number of amides is 1. The summed E-state index contributed by atoms with van der Waals surface area (Å²) in [4.78, 5) is 29.0. The Morgan fingerprint density at radius 2 is 1.74 bits per heavy atom. The van der Waals surface area contributed by atoms with Crippen LogP contribution in [-0.2, 0) is 6.42 Å². The quantitative estimate of drug-likeness (QED) is 0.309. The molecule has 4 aromatic rings. The van der Waals surface area contributed by atoms with Crippen LogP contribution in [0.1, 0.15) is 60.0 Å². The van der Waals surface area contributed by atoms with E-state index in [0.29, 0.717) is 23.1 Å². The summed E-state index contributed by atoms with van der Waals surface area (Å²) in [5, 5.41) is 0.470. The van der Waals surface area contributed by atoms with Gasteiger partial charge in [0.1, 0.15) is 11.3 Å². The molecule has 172 valence electrons. The van der Waals surface area contributed by atoms with Crippen molar-refractivity contribution >= 4 is 22.6 Å². The predicted octanol–water partition coefficient (Wildman–Crippen LogP) is 6.28. The minimum absolute atomic E-state index is 0.102. The van der Waals surface area contributed by atoms with Gasteiger partial charge < -0.3 is 9.15 Å². The molecule has 0 spiro atoms. The third kappa shape index (κ3) is 3.77. The SMILES string of the molecule is CCCCOc1cccc(C2c3c(oc4ccccc4c3=O)C(=O)N2c2ccc(CC)cc2)c1. The maximum Gasteiger partial charge on any atom is 0.295 e. The first-order chi connectivity index (χ1) is 16.6. The van der Waals surface area contributed by atoms with Crippen molar-refractivity contribution in [1.29, 1.82) is 0 Å². The Labute approximate surface area is 198 Å². The van der Waals surface area contributed by atoms with Crippen molar-refractivity contribution in [2.45, 2.75) is 39.2 Å². The number of hydrogen-bond donors (Lipinski definition) is 0. The molecule has 1 atom stereocenters. The summed E-state index contributed by atoms with van der Waals surface area (Å²) in [6.45, 7) is 4.83. The summed E-state index contributed by atoms with van der Waals surface area (Å²) in [6.07, 6.45) is 2.90. The fourth-order valence-electron chi connectivity index (χ4n) is 4.50. The molecule has 5 heteroatoms. The van der Waals surface area contributed by atoms with E-state index < -0.39 is 6.04 Å². The minimum Gasteiger partial charge on any atom is -0.494 e. The van der Waals surface area contributed by atoms with Gasteiger partial charge in [0.15, 0.2) is 5.43 Å². The zero-order valence-corrected chi connectivity index (χ0v) is 19.4. The molecule has 1 aliphatic heterocycles. The highest BCUT2D eigenvalue weighted by Gasteiger charge is 2.43. The summed E-state index contributed by atoms with van der Waals surface area (Å²) in [6, 6.07) is 22.0. The van der Waals surface area contributed by atoms with E-state index in [1.807, 2.05) is 48.5 Å². The number of para-hydroxylation sites is 1. The molecule has 5 nitrogen and oxygen atoms in total. The van der Waals surface area contributed by atoms with Crippen LogP contribution in [0.15, 0.2) is 82.0 Å². The Hall–Kier alpha value is -3.86. The lowest BCUT2D eigenvalue weighted by atomic mass is 9.98. The number of unbranched alkanes of at least 4 members (excludes halogenated alkanes) is 1. The van der Waals surface area contributed by atoms with Crippen LogP contribution >= 0.6 is 0 Å². The number of ether oxygens (including phenoxy) is 1. The van der Waals surface area contributed by atoms with E-state index in [4.69, 9.17) is 9.15 Å². The third-order valence-corrected chi connectivity index (χ3v) is 6.34. The van der Waals surface area contributed by atoms with E-state index in [1.54, 1.807) is 29.2 Å². The van der Waals surface area contributed by atoms with E-state index in [-0.39, 0.29) is 17.1 Å². The number of anilines is 1. The molecule has 2 heterocycles. The molecule has 1 amide bonds. The molecule has 0 aliphatic carbocycles. The average Bonchev–Trinajstić information content (AvgIpc) is 3.17. The lowest BCUT2D eigenvalue weighted by molar-refractivity contribution is 0.0971. The highest BCUT2D eigenvalue weighted by Crippen LogP contribution is 2.42. The van der Waals surface area contributed by atoms with Crippen LogP contribution in [0.4, 0.5) is 5.69 Å². The number of carbonyl (C=O) groups excluding carboxylic acids is 1. The number of aryl methyl sites for hydroxylation is 1. The fraction of sp³-hybridized carbons (Fsp3) is 0.241. The molecule has 5 rings (SSSR count). The van der Waals surface area contributed by atoms with Crippen molar-refractivity contribution in [2.75, 3.05) is 11.5 Å². The van der Waals surface area contributed by atoms with Crippen molar-refractivity contribution < 1.29 is 13.9 Å². The maximum absolute atomic E-state index is 13.7. The summed E-state index contributed by atoms with van der Waals surface area (Å²) in [7, 11) is 0. The minimum atomic E-state index is -0.606. The van der Waals surface area contributed by atoms with E-state index in [2.05, 4.69) is 13.8 Å². The number of benzene rings is 3. The second kappa shape index (κ2) is 9.18. The molecule has 1 aromatic heterocycles. The predicted molar refractivity (Wildman–Crippen MR) is 134 cm³/mol. The van der Waals surface area contributed by atoms with Crippen LogP contribution in [0.25, 0.3) is 11.0 Å². The second-order valence-corrected chi connectivity index (χ2v) is 8.54. The largest absolute Gasteiger partial charge is 0.494 e. The zero-order chi connectivity index (χ0) is 23.7. The number of carbonyl (C=O) groups is 1. The Kier molecular flexibility index (Phi) is 5.93. The molecule has 0 N–H and O–H groups in total. The van der Waals surface area contributed by atoms with Gasteiger partial charge in [-0.25, -0.2) is 0 Å². The Morgan fingerprint density at radius 3 is 2.50 bits per heavy atom. The van der Waals surface area contributed by atoms with Crippen molar-refractivity contribution in [3.8, 4) is 5.75 Å². The number of nitrogens with zero attached hydrogens (tertiary/aromatic N) is 1. The van der Waals surface area contributed by atoms with Crippen LogP contribution in [0, 0.1) is 0 Å². The van der Waals surface area contributed by atoms with Gasteiger partial charge in [-0.1, -0.05) is 56.7 Å². The summed E-state index contributed by atoms with van der Waals surface area (Å²) in [5.74, 6) is 0.508. The Morgan fingerprint density at radius 1 is 0.941 bits per heavy atom. The van der Waals surface area contributed by atoms with Crippen molar-refractivity contribution in [3.05, 3.63) is 105 Å². The van der Waals surface area contributed by atoms with Gasteiger partial charge in [0.25, 0.3) is 5.91 Å². The van der Waals surface area contributed by atoms with Crippen LogP contribution in [-0.4, -0.2) is 12.5 Å². The first-order valence-corrected chi connectivity index (χ1v) is 11.8. The molecule has 34 heavy (non-hydrogen) atoms. The van der Waals surface area contributed by atoms with Crippen LogP contribution in [0.3, 0.4) is 0 Å². The fourth-order valence-corrected chi connectivity index (χ4v) is 4.50. The van der Waals surface area contributed by atoms with Gasteiger partial charge in [0.2, 0.25) is 5.76 Å². The van der Waals surface area contributed by atoms with Gasteiger partial charge in [-0.3, -0.25) is 14.5 Å². The smallest absolute Gasteiger partial charge is 0.295 e. The molecular weight excluding hydrogens is 426 g/mol. The highest BCUT2D eigenvalue weighted by molar-refractivity contribution is 6.10. The van der Waals surface area contributed by atoms with Gasteiger partial charge in [-0.2, -0.15) is 0 Å². The van der Waals surface area contributed by atoms with E-state index in [1.165, 1.54) is 5.56 Å². The lowest BCUT2D eigenvalue weighted by Crippen LogP contribution is -2.29. The van der Waals surface area contributed by atoms with Crippen LogP contribution < -0.4 is 15.1 Å². The molecule has 1 unspecified atom stereocenters.